The molecule has 0 aromatic rings. The van der Waals surface area contributed by atoms with E-state index in [0.717, 1.165) is 12.8 Å². The quantitative estimate of drug-likeness (QED) is 0.552. The molecule has 2 rings (SSSR count). The highest BCUT2D eigenvalue weighted by Crippen LogP contribution is 2.62. The number of carbonyl (C=O) groups excluding carboxylic acids is 2. The molecule has 2 saturated carbocycles. The van der Waals surface area contributed by atoms with E-state index >= 15 is 0 Å². The molecule has 23 heavy (non-hydrogen) atoms. The first kappa shape index (κ1) is 18.3. The molecule has 0 amide bonds. The van der Waals surface area contributed by atoms with Gasteiger partial charge in [0, 0.05) is 0 Å². The van der Waals surface area contributed by atoms with Gasteiger partial charge in [-0.05, 0) is 48.3 Å². The van der Waals surface area contributed by atoms with Gasteiger partial charge in [0.1, 0.15) is 0 Å². The summed E-state index contributed by atoms with van der Waals surface area (Å²) < 4.78 is 11.1. The summed E-state index contributed by atoms with van der Waals surface area (Å²) in [6.45, 7) is 13.0. The third kappa shape index (κ3) is 3.14. The zero-order valence-electron chi connectivity index (χ0n) is 15.4. The number of esters is 2. The van der Waals surface area contributed by atoms with Gasteiger partial charge in [0.25, 0.3) is 0 Å². The number of carbonyl (C=O) groups is 2. The van der Waals surface area contributed by atoms with E-state index in [-0.39, 0.29) is 35.6 Å². The molecule has 2 aliphatic carbocycles. The van der Waals surface area contributed by atoms with Crippen molar-refractivity contribution in [3.63, 3.8) is 0 Å². The summed E-state index contributed by atoms with van der Waals surface area (Å²) in [6, 6.07) is 0. The van der Waals surface area contributed by atoms with Gasteiger partial charge in [-0.2, -0.15) is 0 Å². The lowest BCUT2D eigenvalue weighted by molar-refractivity contribution is -0.183. The molecular weight excluding hydrogens is 292 g/mol. The Bertz CT molecular complexity index is 426. The predicted octanol–water partition coefficient (Wildman–Crippen LogP) is 3.68. The lowest BCUT2D eigenvalue weighted by Gasteiger charge is -2.40. The maximum Gasteiger partial charge on any atom is 0.324 e. The van der Waals surface area contributed by atoms with Crippen LogP contribution in [0, 0.1) is 40.9 Å². The lowest BCUT2D eigenvalue weighted by Crippen LogP contribution is -2.52. The number of hydrogen-bond acceptors (Lipinski definition) is 4. The van der Waals surface area contributed by atoms with Crippen LogP contribution in [-0.2, 0) is 19.1 Å². The standard InChI is InChI=1S/C19H32O4/c1-11(2)9-22-17(20)19(18(21)23-10-12(3)4)14(6)16-8-15(19)7-13(16)5/h11-16H,7-10H2,1-6H3. The zero-order chi connectivity index (χ0) is 17.4. The second-order valence-electron chi connectivity index (χ2n) is 8.45. The Hall–Kier alpha value is -1.06. The predicted molar refractivity (Wildman–Crippen MR) is 88.6 cm³/mol. The molecule has 0 saturated heterocycles. The molecule has 2 bridgehead atoms. The van der Waals surface area contributed by atoms with Gasteiger partial charge < -0.3 is 9.47 Å². The van der Waals surface area contributed by atoms with Crippen LogP contribution < -0.4 is 0 Å². The van der Waals surface area contributed by atoms with E-state index in [1.54, 1.807) is 0 Å². The van der Waals surface area contributed by atoms with Gasteiger partial charge in [-0.1, -0.05) is 41.5 Å². The van der Waals surface area contributed by atoms with Crippen LogP contribution in [0.15, 0.2) is 0 Å². The molecule has 0 N–H and O–H groups in total. The van der Waals surface area contributed by atoms with Crippen molar-refractivity contribution in [3.05, 3.63) is 0 Å². The Morgan fingerprint density at radius 3 is 1.78 bits per heavy atom. The number of hydrogen-bond donors (Lipinski definition) is 0. The molecular formula is C19H32O4. The lowest BCUT2D eigenvalue weighted by atomic mass is 9.64. The first-order valence-electron chi connectivity index (χ1n) is 9.05. The zero-order valence-corrected chi connectivity index (χ0v) is 15.4. The molecule has 0 spiro atoms. The van der Waals surface area contributed by atoms with Crippen LogP contribution in [0.25, 0.3) is 0 Å². The van der Waals surface area contributed by atoms with E-state index in [9.17, 15) is 9.59 Å². The second kappa shape index (κ2) is 6.82. The molecule has 0 aliphatic heterocycles. The Labute approximate surface area is 140 Å². The molecule has 2 aliphatic rings. The van der Waals surface area contributed by atoms with Crippen LogP contribution in [0.1, 0.15) is 54.4 Å². The van der Waals surface area contributed by atoms with Gasteiger partial charge in [0.15, 0.2) is 5.41 Å². The van der Waals surface area contributed by atoms with Gasteiger partial charge in [-0.3, -0.25) is 9.59 Å². The molecule has 0 radical (unpaired) electrons. The molecule has 0 aromatic heterocycles. The highest BCUT2D eigenvalue weighted by Gasteiger charge is 2.68. The SMILES string of the molecule is CC(C)COC(=O)C1(C(=O)OCC(C)C)C2CC(C)C(C2)C1C. The summed E-state index contributed by atoms with van der Waals surface area (Å²) in [4.78, 5) is 25.9. The first-order chi connectivity index (χ1) is 10.7. The fourth-order valence-corrected chi connectivity index (χ4v) is 4.57. The fraction of sp³-hybridized carbons (Fsp3) is 0.895. The average Bonchev–Trinajstić information content (AvgIpc) is 2.97. The summed E-state index contributed by atoms with van der Waals surface area (Å²) in [5, 5.41) is 0. The minimum absolute atomic E-state index is 0.00410. The Kier molecular flexibility index (Phi) is 5.42. The molecule has 0 aromatic carbocycles. The normalized spacial score (nSPS) is 31.7. The monoisotopic (exact) mass is 324 g/mol. The van der Waals surface area contributed by atoms with Crippen molar-refractivity contribution in [2.24, 2.45) is 40.9 Å². The summed E-state index contributed by atoms with van der Waals surface area (Å²) in [6.07, 6.45) is 1.86. The summed E-state index contributed by atoms with van der Waals surface area (Å²) in [7, 11) is 0. The van der Waals surface area contributed by atoms with Gasteiger partial charge in [0.2, 0.25) is 0 Å². The van der Waals surface area contributed by atoms with Crippen LogP contribution >= 0.6 is 0 Å². The van der Waals surface area contributed by atoms with E-state index in [1.807, 2.05) is 34.6 Å². The van der Waals surface area contributed by atoms with Gasteiger partial charge >= 0.3 is 11.9 Å². The Balaban J connectivity index is 2.25. The van der Waals surface area contributed by atoms with Crippen LogP contribution in [0.3, 0.4) is 0 Å². The Morgan fingerprint density at radius 2 is 1.43 bits per heavy atom. The summed E-state index contributed by atoms with van der Waals surface area (Å²) in [5.74, 6) is 0.856. The van der Waals surface area contributed by atoms with Crippen molar-refractivity contribution < 1.29 is 19.1 Å². The van der Waals surface area contributed by atoms with Crippen molar-refractivity contribution in [2.75, 3.05) is 13.2 Å². The highest BCUT2D eigenvalue weighted by molar-refractivity contribution is 6.01. The Morgan fingerprint density at radius 1 is 0.957 bits per heavy atom. The smallest absolute Gasteiger partial charge is 0.324 e. The van der Waals surface area contributed by atoms with Crippen molar-refractivity contribution in [1.82, 2.24) is 0 Å². The average molecular weight is 324 g/mol. The minimum atomic E-state index is -1.08. The van der Waals surface area contributed by atoms with Crippen LogP contribution in [0.5, 0.6) is 0 Å². The molecule has 4 unspecified atom stereocenters. The topological polar surface area (TPSA) is 52.6 Å². The largest absolute Gasteiger partial charge is 0.465 e. The third-order valence-corrected chi connectivity index (χ3v) is 5.72. The number of fused-ring (bicyclic) bond motifs is 2. The molecule has 2 fully saturated rings. The number of rotatable bonds is 6. The minimum Gasteiger partial charge on any atom is -0.465 e. The van der Waals surface area contributed by atoms with E-state index in [4.69, 9.17) is 9.47 Å². The van der Waals surface area contributed by atoms with Crippen molar-refractivity contribution in [3.8, 4) is 0 Å². The van der Waals surface area contributed by atoms with E-state index in [2.05, 4.69) is 6.92 Å². The van der Waals surface area contributed by atoms with Gasteiger partial charge in [-0.15, -0.1) is 0 Å². The van der Waals surface area contributed by atoms with Crippen LogP contribution in [-0.4, -0.2) is 25.2 Å². The summed E-state index contributed by atoms with van der Waals surface area (Å²) >= 11 is 0. The van der Waals surface area contributed by atoms with Crippen molar-refractivity contribution in [2.45, 2.75) is 54.4 Å². The van der Waals surface area contributed by atoms with E-state index < -0.39 is 5.41 Å². The van der Waals surface area contributed by atoms with Crippen molar-refractivity contribution >= 4 is 11.9 Å². The van der Waals surface area contributed by atoms with Gasteiger partial charge in [0.05, 0.1) is 13.2 Å². The second-order valence-corrected chi connectivity index (χ2v) is 8.45. The van der Waals surface area contributed by atoms with Crippen LogP contribution in [0.2, 0.25) is 0 Å². The van der Waals surface area contributed by atoms with E-state index in [1.165, 1.54) is 0 Å². The van der Waals surface area contributed by atoms with E-state index in [0.29, 0.717) is 25.0 Å². The van der Waals surface area contributed by atoms with Gasteiger partial charge in [-0.25, -0.2) is 0 Å². The maximum atomic E-state index is 12.9. The maximum absolute atomic E-state index is 12.9. The highest BCUT2D eigenvalue weighted by atomic mass is 16.6. The molecule has 4 nitrogen and oxygen atoms in total. The number of ether oxygens (including phenoxy) is 2. The molecule has 4 heteroatoms. The third-order valence-electron chi connectivity index (χ3n) is 5.72. The van der Waals surface area contributed by atoms with Crippen molar-refractivity contribution in [1.29, 1.82) is 0 Å². The molecule has 4 atom stereocenters. The molecule has 0 heterocycles. The fourth-order valence-electron chi connectivity index (χ4n) is 4.57. The van der Waals surface area contributed by atoms with Crippen LogP contribution in [0.4, 0.5) is 0 Å². The molecule has 132 valence electrons. The summed E-state index contributed by atoms with van der Waals surface area (Å²) in [5.41, 5.74) is -1.08. The first-order valence-corrected chi connectivity index (χ1v) is 9.05.